The summed E-state index contributed by atoms with van der Waals surface area (Å²) in [5.74, 6) is -0.0371. The normalized spacial score (nSPS) is 12.6. The Labute approximate surface area is 111 Å². The van der Waals surface area contributed by atoms with Crippen LogP contribution in [0.1, 0.15) is 24.4 Å². The summed E-state index contributed by atoms with van der Waals surface area (Å²) in [5.41, 5.74) is 8.03. The van der Waals surface area contributed by atoms with Crippen LogP contribution in [0.25, 0.3) is 10.9 Å². The Morgan fingerprint density at radius 1 is 1.47 bits per heavy atom. The molecule has 0 spiro atoms. The standard InChI is InChI=1S/C14H18N2O3/c1-16-8-7-10-9(11(15)4-6-13(17)18)3-5-12(19-2)14(10)16/h3,5,7-8,11H,4,6,15H2,1-2H3,(H,17,18). The van der Waals surface area contributed by atoms with Crippen LogP contribution in [0.2, 0.25) is 0 Å². The van der Waals surface area contributed by atoms with E-state index in [0.717, 1.165) is 22.2 Å². The van der Waals surface area contributed by atoms with Crippen molar-refractivity contribution in [2.75, 3.05) is 7.11 Å². The van der Waals surface area contributed by atoms with Gasteiger partial charge in [0.15, 0.2) is 0 Å². The number of nitrogens with zero attached hydrogens (tertiary/aromatic N) is 1. The van der Waals surface area contributed by atoms with E-state index < -0.39 is 5.97 Å². The van der Waals surface area contributed by atoms with Crippen molar-refractivity contribution in [2.24, 2.45) is 12.8 Å². The van der Waals surface area contributed by atoms with E-state index in [9.17, 15) is 4.79 Å². The molecule has 19 heavy (non-hydrogen) atoms. The van der Waals surface area contributed by atoms with Crippen LogP contribution in [-0.2, 0) is 11.8 Å². The van der Waals surface area contributed by atoms with Crippen molar-refractivity contribution >= 4 is 16.9 Å². The lowest BCUT2D eigenvalue weighted by atomic mass is 9.99. The summed E-state index contributed by atoms with van der Waals surface area (Å²) in [7, 11) is 3.57. The number of aromatic nitrogens is 1. The smallest absolute Gasteiger partial charge is 0.303 e. The first-order chi connectivity index (χ1) is 9.04. The number of methoxy groups -OCH3 is 1. The molecule has 3 N–H and O–H groups in total. The van der Waals surface area contributed by atoms with Crippen LogP contribution in [0.15, 0.2) is 24.4 Å². The Hall–Kier alpha value is -2.01. The van der Waals surface area contributed by atoms with E-state index in [1.165, 1.54) is 0 Å². The first kappa shape index (κ1) is 13.4. The molecule has 0 radical (unpaired) electrons. The Morgan fingerprint density at radius 3 is 2.84 bits per heavy atom. The topological polar surface area (TPSA) is 77.5 Å². The summed E-state index contributed by atoms with van der Waals surface area (Å²) < 4.78 is 7.32. The van der Waals surface area contributed by atoms with Gasteiger partial charge in [-0.2, -0.15) is 0 Å². The summed E-state index contributed by atoms with van der Waals surface area (Å²) in [5, 5.41) is 9.74. The molecular weight excluding hydrogens is 244 g/mol. The van der Waals surface area contributed by atoms with Crippen molar-refractivity contribution in [3.63, 3.8) is 0 Å². The molecule has 0 aliphatic heterocycles. The van der Waals surface area contributed by atoms with E-state index >= 15 is 0 Å². The third kappa shape index (κ3) is 2.56. The number of aliphatic carboxylic acids is 1. The van der Waals surface area contributed by atoms with E-state index in [2.05, 4.69) is 0 Å². The van der Waals surface area contributed by atoms with Gasteiger partial charge in [0.05, 0.1) is 12.6 Å². The minimum atomic E-state index is -0.826. The van der Waals surface area contributed by atoms with E-state index in [1.807, 2.05) is 36.0 Å². The number of carboxylic acids is 1. The van der Waals surface area contributed by atoms with E-state index in [4.69, 9.17) is 15.6 Å². The highest BCUT2D eigenvalue weighted by molar-refractivity contribution is 5.89. The minimum Gasteiger partial charge on any atom is -0.495 e. The van der Waals surface area contributed by atoms with Gasteiger partial charge in [0.2, 0.25) is 0 Å². The fraction of sp³-hybridized carbons (Fsp3) is 0.357. The molecule has 0 saturated heterocycles. The molecular formula is C14H18N2O3. The number of fused-ring (bicyclic) bond motifs is 1. The van der Waals surface area contributed by atoms with Gasteiger partial charge in [0.1, 0.15) is 5.75 Å². The molecule has 0 aliphatic rings. The predicted molar refractivity (Wildman–Crippen MR) is 73.3 cm³/mol. The number of rotatable bonds is 5. The summed E-state index contributed by atoms with van der Waals surface area (Å²) in [6.45, 7) is 0. The molecule has 1 atom stereocenters. The molecule has 5 nitrogen and oxygen atoms in total. The van der Waals surface area contributed by atoms with E-state index in [1.54, 1.807) is 7.11 Å². The molecule has 0 saturated carbocycles. The first-order valence-corrected chi connectivity index (χ1v) is 6.14. The van der Waals surface area contributed by atoms with Crippen LogP contribution >= 0.6 is 0 Å². The highest BCUT2D eigenvalue weighted by Gasteiger charge is 2.15. The maximum atomic E-state index is 10.6. The monoisotopic (exact) mass is 262 g/mol. The van der Waals surface area contributed by atoms with Crippen molar-refractivity contribution in [1.29, 1.82) is 0 Å². The molecule has 2 rings (SSSR count). The number of benzene rings is 1. The summed E-state index contributed by atoms with van der Waals surface area (Å²) in [6.07, 6.45) is 2.44. The number of aryl methyl sites for hydroxylation is 1. The predicted octanol–water partition coefficient (Wildman–Crippen LogP) is 2.05. The number of carbonyl (C=O) groups is 1. The number of nitrogens with two attached hydrogens (primary N) is 1. The molecule has 102 valence electrons. The zero-order chi connectivity index (χ0) is 14.0. The fourth-order valence-electron chi connectivity index (χ4n) is 2.33. The van der Waals surface area contributed by atoms with Gasteiger partial charge in [-0.1, -0.05) is 6.07 Å². The second kappa shape index (κ2) is 5.32. The van der Waals surface area contributed by atoms with Gasteiger partial charge < -0.3 is 20.1 Å². The van der Waals surface area contributed by atoms with Crippen LogP contribution in [0, 0.1) is 0 Å². The summed E-state index contributed by atoms with van der Waals surface area (Å²) in [6, 6.07) is 5.48. The summed E-state index contributed by atoms with van der Waals surface area (Å²) in [4.78, 5) is 10.6. The average Bonchev–Trinajstić information content (AvgIpc) is 2.77. The Bertz CT molecular complexity index is 604. The molecule has 1 heterocycles. The lowest BCUT2D eigenvalue weighted by Gasteiger charge is -2.14. The largest absolute Gasteiger partial charge is 0.495 e. The maximum absolute atomic E-state index is 10.6. The Balaban J connectivity index is 2.42. The van der Waals surface area contributed by atoms with Crippen molar-refractivity contribution in [3.05, 3.63) is 30.0 Å². The third-order valence-electron chi connectivity index (χ3n) is 3.32. The molecule has 0 bridgehead atoms. The SMILES string of the molecule is COc1ccc(C(N)CCC(=O)O)c2ccn(C)c12. The quantitative estimate of drug-likeness (QED) is 0.864. The highest BCUT2D eigenvalue weighted by atomic mass is 16.5. The molecule has 0 aliphatic carbocycles. The van der Waals surface area contributed by atoms with Gasteiger partial charge >= 0.3 is 5.97 Å². The second-order valence-electron chi connectivity index (χ2n) is 4.58. The van der Waals surface area contributed by atoms with Crippen molar-refractivity contribution < 1.29 is 14.6 Å². The van der Waals surface area contributed by atoms with Crippen LogP contribution in [-0.4, -0.2) is 22.8 Å². The molecule has 5 heteroatoms. The Morgan fingerprint density at radius 2 is 2.21 bits per heavy atom. The van der Waals surface area contributed by atoms with Gasteiger partial charge in [-0.25, -0.2) is 0 Å². The van der Waals surface area contributed by atoms with Crippen molar-refractivity contribution in [2.45, 2.75) is 18.9 Å². The van der Waals surface area contributed by atoms with E-state index in [0.29, 0.717) is 6.42 Å². The molecule has 1 unspecified atom stereocenters. The van der Waals surface area contributed by atoms with E-state index in [-0.39, 0.29) is 12.5 Å². The lowest BCUT2D eigenvalue weighted by Crippen LogP contribution is -2.12. The van der Waals surface area contributed by atoms with Crippen LogP contribution in [0.3, 0.4) is 0 Å². The molecule has 1 aromatic carbocycles. The van der Waals surface area contributed by atoms with Crippen LogP contribution in [0.4, 0.5) is 0 Å². The van der Waals surface area contributed by atoms with Crippen LogP contribution in [0.5, 0.6) is 5.75 Å². The molecule has 0 fully saturated rings. The van der Waals surface area contributed by atoms with Gasteiger partial charge in [0, 0.05) is 31.1 Å². The number of hydrogen-bond donors (Lipinski definition) is 2. The molecule has 1 aromatic heterocycles. The van der Waals surface area contributed by atoms with Crippen LogP contribution < -0.4 is 10.5 Å². The highest BCUT2D eigenvalue weighted by Crippen LogP contribution is 2.32. The third-order valence-corrected chi connectivity index (χ3v) is 3.32. The summed E-state index contributed by atoms with van der Waals surface area (Å²) >= 11 is 0. The maximum Gasteiger partial charge on any atom is 0.303 e. The van der Waals surface area contributed by atoms with Gasteiger partial charge in [-0.05, 0) is 24.1 Å². The second-order valence-corrected chi connectivity index (χ2v) is 4.58. The zero-order valence-corrected chi connectivity index (χ0v) is 11.1. The zero-order valence-electron chi connectivity index (χ0n) is 11.1. The lowest BCUT2D eigenvalue weighted by molar-refractivity contribution is -0.137. The van der Waals surface area contributed by atoms with Gasteiger partial charge in [-0.3, -0.25) is 4.79 Å². The van der Waals surface area contributed by atoms with Crippen molar-refractivity contribution in [1.82, 2.24) is 4.57 Å². The minimum absolute atomic E-state index is 0.0710. The molecule has 2 aromatic rings. The molecule has 0 amide bonds. The first-order valence-electron chi connectivity index (χ1n) is 6.14. The van der Waals surface area contributed by atoms with Crippen molar-refractivity contribution in [3.8, 4) is 5.75 Å². The number of carboxylic acid groups (broad SMARTS) is 1. The van der Waals surface area contributed by atoms with Gasteiger partial charge in [0.25, 0.3) is 0 Å². The number of ether oxygens (including phenoxy) is 1. The number of hydrogen-bond acceptors (Lipinski definition) is 3. The average molecular weight is 262 g/mol. The Kier molecular flexibility index (Phi) is 3.76. The fourth-order valence-corrected chi connectivity index (χ4v) is 2.33. The van der Waals surface area contributed by atoms with Gasteiger partial charge in [-0.15, -0.1) is 0 Å².